The molecule has 0 spiro atoms. The molecule has 0 unspecified atom stereocenters. The van der Waals surface area contributed by atoms with E-state index in [1.165, 1.54) is 6.07 Å². The molecule has 1 saturated carbocycles. The van der Waals surface area contributed by atoms with E-state index in [2.05, 4.69) is 10.3 Å². The third kappa shape index (κ3) is 3.48. The molecule has 3 rings (SSSR count). The number of aryl methyl sites for hydroxylation is 1. The zero-order valence-electron chi connectivity index (χ0n) is 13.5. The van der Waals surface area contributed by atoms with Crippen molar-refractivity contribution in [3.8, 4) is 0 Å². The van der Waals surface area contributed by atoms with Crippen LogP contribution in [0.25, 0.3) is 0 Å². The average molecular weight is 344 g/mol. The fraction of sp³-hybridized carbons (Fsp3) is 0.333. The van der Waals surface area contributed by atoms with Crippen molar-refractivity contribution in [3.05, 3.63) is 53.9 Å². The fourth-order valence-corrected chi connectivity index (χ4v) is 4.90. The molecule has 1 heterocycles. The molecule has 1 aromatic heterocycles. The van der Waals surface area contributed by atoms with Crippen LogP contribution >= 0.6 is 0 Å². The number of hydrogen-bond donors (Lipinski definition) is 1. The lowest BCUT2D eigenvalue weighted by Crippen LogP contribution is -2.18. The monoisotopic (exact) mass is 344 g/mol. The number of nitrogens with zero attached hydrogens (tertiary/aromatic N) is 1. The molecule has 1 aromatic carbocycles. The standard InChI is InChI=1S/C18H20N2O3S/c1-13-6-4-11-17(19-13)18(21)20-14-7-5-10-16(12-14)24(22,23)15-8-2-3-9-15/h4-7,10-12,15H,2-3,8-9H2,1H3,(H,20,21). The van der Waals surface area contributed by atoms with E-state index in [4.69, 9.17) is 0 Å². The van der Waals surface area contributed by atoms with Crippen LogP contribution in [0.15, 0.2) is 47.4 Å². The summed E-state index contributed by atoms with van der Waals surface area (Å²) in [5.74, 6) is -0.353. The molecular formula is C18H20N2O3S. The Labute approximate surface area is 142 Å². The summed E-state index contributed by atoms with van der Waals surface area (Å²) in [6.07, 6.45) is 3.34. The smallest absolute Gasteiger partial charge is 0.274 e. The van der Waals surface area contributed by atoms with Gasteiger partial charge in [0.25, 0.3) is 5.91 Å². The van der Waals surface area contributed by atoms with E-state index < -0.39 is 9.84 Å². The van der Waals surface area contributed by atoms with Gasteiger partial charge in [0.15, 0.2) is 9.84 Å². The molecule has 1 aliphatic rings. The van der Waals surface area contributed by atoms with Crippen molar-refractivity contribution >= 4 is 21.4 Å². The fourth-order valence-electron chi connectivity index (χ4n) is 3.01. The first-order valence-electron chi connectivity index (χ1n) is 8.06. The number of hydrogen-bond acceptors (Lipinski definition) is 4. The molecule has 0 radical (unpaired) electrons. The van der Waals surface area contributed by atoms with Crippen molar-refractivity contribution in [2.45, 2.75) is 42.8 Å². The first kappa shape index (κ1) is 16.6. The second-order valence-corrected chi connectivity index (χ2v) is 8.33. The van der Waals surface area contributed by atoms with E-state index in [1.54, 1.807) is 30.3 Å². The average Bonchev–Trinajstić information content (AvgIpc) is 3.10. The van der Waals surface area contributed by atoms with Gasteiger partial charge in [0.2, 0.25) is 0 Å². The van der Waals surface area contributed by atoms with Gasteiger partial charge in [0, 0.05) is 11.4 Å². The lowest BCUT2D eigenvalue weighted by atomic mass is 10.2. The van der Waals surface area contributed by atoms with Gasteiger partial charge in [-0.3, -0.25) is 4.79 Å². The summed E-state index contributed by atoms with van der Waals surface area (Å²) < 4.78 is 25.3. The van der Waals surface area contributed by atoms with Crippen LogP contribution in [0.3, 0.4) is 0 Å². The number of anilines is 1. The summed E-state index contributed by atoms with van der Waals surface area (Å²) in [4.78, 5) is 16.7. The topological polar surface area (TPSA) is 76.1 Å². The molecule has 6 heteroatoms. The van der Waals surface area contributed by atoms with Gasteiger partial charge < -0.3 is 5.32 Å². The number of sulfone groups is 1. The summed E-state index contributed by atoms with van der Waals surface area (Å²) in [5, 5.41) is 2.42. The van der Waals surface area contributed by atoms with E-state index >= 15 is 0 Å². The van der Waals surface area contributed by atoms with E-state index in [1.807, 2.05) is 13.0 Å². The van der Waals surface area contributed by atoms with Crippen LogP contribution in [0.5, 0.6) is 0 Å². The summed E-state index contributed by atoms with van der Waals surface area (Å²) in [6.45, 7) is 1.81. The Kier molecular flexibility index (Phi) is 4.66. The Morgan fingerprint density at radius 1 is 1.12 bits per heavy atom. The Hall–Kier alpha value is -2.21. The van der Waals surface area contributed by atoms with Gasteiger partial charge >= 0.3 is 0 Å². The molecule has 2 aromatic rings. The molecule has 0 atom stereocenters. The van der Waals surface area contributed by atoms with Crippen molar-refractivity contribution in [1.29, 1.82) is 0 Å². The number of carbonyl (C=O) groups is 1. The highest BCUT2D eigenvalue weighted by atomic mass is 32.2. The first-order chi connectivity index (χ1) is 11.5. The minimum absolute atomic E-state index is 0.268. The van der Waals surface area contributed by atoms with Crippen LogP contribution in [-0.4, -0.2) is 24.6 Å². The molecule has 1 N–H and O–H groups in total. The number of nitrogens with one attached hydrogen (secondary N) is 1. The predicted octanol–water partition coefficient (Wildman–Crippen LogP) is 3.36. The van der Waals surface area contributed by atoms with Crippen LogP contribution in [0.4, 0.5) is 5.69 Å². The highest BCUT2D eigenvalue weighted by molar-refractivity contribution is 7.92. The molecule has 1 fully saturated rings. The molecule has 24 heavy (non-hydrogen) atoms. The number of aromatic nitrogens is 1. The van der Waals surface area contributed by atoms with Crippen LogP contribution in [0, 0.1) is 6.92 Å². The number of rotatable bonds is 4. The normalized spacial score (nSPS) is 15.4. The van der Waals surface area contributed by atoms with Crippen molar-refractivity contribution in [2.75, 3.05) is 5.32 Å². The summed E-state index contributed by atoms with van der Waals surface area (Å²) >= 11 is 0. The number of carbonyl (C=O) groups excluding carboxylic acids is 1. The predicted molar refractivity (Wildman–Crippen MR) is 92.8 cm³/mol. The molecule has 5 nitrogen and oxygen atoms in total. The van der Waals surface area contributed by atoms with E-state index in [0.717, 1.165) is 18.5 Å². The maximum absolute atomic E-state index is 12.7. The van der Waals surface area contributed by atoms with Gasteiger partial charge in [-0.05, 0) is 50.1 Å². The largest absolute Gasteiger partial charge is 0.321 e. The Balaban J connectivity index is 1.82. The number of pyridine rings is 1. The molecule has 0 aliphatic heterocycles. The molecular weight excluding hydrogens is 324 g/mol. The molecule has 0 bridgehead atoms. The molecule has 1 amide bonds. The van der Waals surface area contributed by atoms with E-state index in [0.29, 0.717) is 24.2 Å². The lowest BCUT2D eigenvalue weighted by molar-refractivity contribution is 0.102. The maximum Gasteiger partial charge on any atom is 0.274 e. The van der Waals surface area contributed by atoms with Crippen molar-refractivity contribution in [3.63, 3.8) is 0 Å². The minimum Gasteiger partial charge on any atom is -0.321 e. The minimum atomic E-state index is -3.34. The van der Waals surface area contributed by atoms with Gasteiger partial charge in [0.05, 0.1) is 10.1 Å². The van der Waals surface area contributed by atoms with E-state index in [9.17, 15) is 13.2 Å². The highest BCUT2D eigenvalue weighted by Crippen LogP contribution is 2.30. The van der Waals surface area contributed by atoms with Crippen molar-refractivity contribution in [1.82, 2.24) is 4.98 Å². The maximum atomic E-state index is 12.7. The van der Waals surface area contributed by atoms with Crippen LogP contribution in [0.2, 0.25) is 0 Å². The van der Waals surface area contributed by atoms with Gasteiger partial charge in [-0.2, -0.15) is 0 Å². The third-order valence-electron chi connectivity index (χ3n) is 4.28. The van der Waals surface area contributed by atoms with Crippen LogP contribution < -0.4 is 5.32 Å². The summed E-state index contributed by atoms with van der Waals surface area (Å²) in [6, 6.07) is 11.7. The second kappa shape index (κ2) is 6.73. The quantitative estimate of drug-likeness (QED) is 0.923. The van der Waals surface area contributed by atoms with Gasteiger partial charge in [-0.25, -0.2) is 13.4 Å². The summed E-state index contributed by atoms with van der Waals surface area (Å²) in [7, 11) is -3.34. The second-order valence-electron chi connectivity index (χ2n) is 6.10. The van der Waals surface area contributed by atoms with Gasteiger partial charge in [0.1, 0.15) is 5.69 Å². The van der Waals surface area contributed by atoms with Crippen molar-refractivity contribution < 1.29 is 13.2 Å². The Morgan fingerprint density at radius 3 is 2.54 bits per heavy atom. The lowest BCUT2D eigenvalue weighted by Gasteiger charge is -2.12. The SMILES string of the molecule is Cc1cccc(C(=O)Nc2cccc(S(=O)(=O)C3CCCC3)c2)n1. The zero-order chi connectivity index (χ0) is 17.2. The Morgan fingerprint density at radius 2 is 1.83 bits per heavy atom. The van der Waals surface area contributed by atoms with E-state index in [-0.39, 0.29) is 16.1 Å². The molecule has 1 aliphatic carbocycles. The summed E-state index contributed by atoms with van der Waals surface area (Å²) in [5.41, 5.74) is 1.52. The third-order valence-corrected chi connectivity index (χ3v) is 6.54. The van der Waals surface area contributed by atoms with Gasteiger partial charge in [-0.1, -0.05) is 25.0 Å². The first-order valence-corrected chi connectivity index (χ1v) is 9.60. The van der Waals surface area contributed by atoms with Gasteiger partial charge in [-0.15, -0.1) is 0 Å². The Bertz CT molecular complexity index is 856. The van der Waals surface area contributed by atoms with Crippen LogP contribution in [0.1, 0.15) is 41.9 Å². The molecule has 126 valence electrons. The highest BCUT2D eigenvalue weighted by Gasteiger charge is 2.30. The number of amides is 1. The van der Waals surface area contributed by atoms with Crippen LogP contribution in [-0.2, 0) is 9.84 Å². The zero-order valence-corrected chi connectivity index (χ0v) is 14.3. The molecule has 0 saturated heterocycles. The van der Waals surface area contributed by atoms with Crippen molar-refractivity contribution in [2.24, 2.45) is 0 Å². The number of benzene rings is 1.